The Labute approximate surface area is 96.6 Å². The van der Waals surface area contributed by atoms with E-state index in [9.17, 15) is 0 Å². The zero-order chi connectivity index (χ0) is 12.1. The van der Waals surface area contributed by atoms with Gasteiger partial charge in [-0.2, -0.15) is 0 Å². The van der Waals surface area contributed by atoms with Gasteiger partial charge in [0.15, 0.2) is 0 Å². The Bertz CT molecular complexity index is 422. The van der Waals surface area contributed by atoms with E-state index in [0.29, 0.717) is 5.71 Å². The third-order valence-electron chi connectivity index (χ3n) is 2.34. The molecule has 1 aromatic carbocycles. The van der Waals surface area contributed by atoms with Gasteiger partial charge in [-0.3, -0.25) is 0 Å². The first-order valence-corrected chi connectivity index (χ1v) is 5.18. The zero-order valence-corrected chi connectivity index (χ0v) is 10.2. The summed E-state index contributed by atoms with van der Waals surface area (Å²) in [4.78, 5) is 0. The van der Waals surface area contributed by atoms with E-state index in [2.05, 4.69) is 5.32 Å². The summed E-state index contributed by atoms with van der Waals surface area (Å²) in [5.41, 5.74) is 3.62. The second-order valence-corrected chi connectivity index (χ2v) is 3.68. The number of hydrogen-bond acceptors (Lipinski definition) is 3. The Kier molecular flexibility index (Phi) is 4.11. The van der Waals surface area contributed by atoms with Crippen molar-refractivity contribution in [1.29, 1.82) is 5.41 Å². The molecule has 3 heteroatoms. The van der Waals surface area contributed by atoms with Crippen molar-refractivity contribution in [3.8, 4) is 5.75 Å². The smallest absolute Gasteiger partial charge is 0.121 e. The molecule has 0 fully saturated rings. The Balaban J connectivity index is 3.13. The molecule has 0 saturated carbocycles. The van der Waals surface area contributed by atoms with E-state index in [1.807, 2.05) is 32.2 Å². The van der Waals surface area contributed by atoms with Gasteiger partial charge >= 0.3 is 0 Å². The quantitative estimate of drug-likeness (QED) is 0.763. The van der Waals surface area contributed by atoms with Gasteiger partial charge in [0.05, 0.1) is 7.11 Å². The normalized spacial score (nSPS) is 11.1. The molecular weight excluding hydrogens is 200 g/mol. The molecule has 0 aliphatic rings. The Morgan fingerprint density at radius 1 is 1.44 bits per heavy atom. The first kappa shape index (κ1) is 12.3. The lowest BCUT2D eigenvalue weighted by Gasteiger charge is -2.10. The third-order valence-corrected chi connectivity index (χ3v) is 2.34. The van der Waals surface area contributed by atoms with Gasteiger partial charge in [0.25, 0.3) is 0 Å². The minimum absolute atomic E-state index is 0.526. The lowest BCUT2D eigenvalue weighted by Crippen LogP contribution is -2.06. The first-order chi connectivity index (χ1) is 7.58. The molecule has 0 heterocycles. The van der Waals surface area contributed by atoms with Crippen LogP contribution in [0, 0.1) is 12.3 Å². The fraction of sp³-hybridized carbons (Fsp3) is 0.308. The highest BCUT2D eigenvalue weighted by atomic mass is 16.5. The molecule has 0 unspecified atom stereocenters. The van der Waals surface area contributed by atoms with E-state index in [-0.39, 0.29) is 0 Å². The number of benzene rings is 1. The summed E-state index contributed by atoms with van der Waals surface area (Å²) >= 11 is 0. The standard InChI is InChI=1S/C13H18N2O/c1-9-7-11(5-6-13(9)16-4)12(15-3)8-10(2)14/h5-8,14-15H,1-4H3/b12-8-,14-10?. The summed E-state index contributed by atoms with van der Waals surface area (Å²) in [6.45, 7) is 3.76. The third kappa shape index (κ3) is 2.86. The molecule has 0 radical (unpaired) electrons. The first-order valence-electron chi connectivity index (χ1n) is 5.18. The van der Waals surface area contributed by atoms with Gasteiger partial charge in [-0.25, -0.2) is 0 Å². The SMILES string of the molecule is CN/C(=C\C(C)=N)c1ccc(OC)c(C)c1. The van der Waals surface area contributed by atoms with Gasteiger partial charge in [0.2, 0.25) is 0 Å². The van der Waals surface area contributed by atoms with Crippen LogP contribution < -0.4 is 10.1 Å². The number of allylic oxidation sites excluding steroid dienone is 1. The second kappa shape index (κ2) is 5.35. The van der Waals surface area contributed by atoms with Crippen molar-refractivity contribution in [2.75, 3.05) is 14.2 Å². The molecule has 0 aliphatic carbocycles. The average molecular weight is 218 g/mol. The molecule has 0 atom stereocenters. The molecule has 86 valence electrons. The lowest BCUT2D eigenvalue weighted by atomic mass is 10.1. The summed E-state index contributed by atoms with van der Waals surface area (Å²) in [6, 6.07) is 5.97. The molecule has 16 heavy (non-hydrogen) atoms. The van der Waals surface area contributed by atoms with Crippen molar-refractivity contribution < 1.29 is 4.74 Å². The van der Waals surface area contributed by atoms with Crippen molar-refractivity contribution in [2.24, 2.45) is 0 Å². The molecule has 0 spiro atoms. The van der Waals surface area contributed by atoms with Gasteiger partial charge in [-0.05, 0) is 49.2 Å². The summed E-state index contributed by atoms with van der Waals surface area (Å²) < 4.78 is 5.21. The van der Waals surface area contributed by atoms with Crippen molar-refractivity contribution in [2.45, 2.75) is 13.8 Å². The molecule has 1 aromatic rings. The number of ether oxygens (including phenoxy) is 1. The predicted molar refractivity (Wildman–Crippen MR) is 68.2 cm³/mol. The minimum Gasteiger partial charge on any atom is -0.496 e. The monoisotopic (exact) mass is 218 g/mol. The maximum atomic E-state index is 7.47. The van der Waals surface area contributed by atoms with E-state index < -0.39 is 0 Å². The van der Waals surface area contributed by atoms with Crippen LogP contribution in [0.4, 0.5) is 0 Å². The van der Waals surface area contributed by atoms with Crippen molar-refractivity contribution >= 4 is 11.4 Å². The Morgan fingerprint density at radius 3 is 2.56 bits per heavy atom. The maximum Gasteiger partial charge on any atom is 0.121 e. The number of aryl methyl sites for hydroxylation is 1. The fourth-order valence-electron chi connectivity index (χ4n) is 1.56. The van der Waals surface area contributed by atoms with Gasteiger partial charge < -0.3 is 15.5 Å². The highest BCUT2D eigenvalue weighted by molar-refractivity contribution is 5.96. The van der Waals surface area contributed by atoms with Crippen LogP contribution >= 0.6 is 0 Å². The molecule has 2 N–H and O–H groups in total. The number of rotatable bonds is 4. The molecule has 0 bridgehead atoms. The second-order valence-electron chi connectivity index (χ2n) is 3.68. The van der Waals surface area contributed by atoms with E-state index in [1.165, 1.54) is 0 Å². The van der Waals surface area contributed by atoms with Gasteiger partial charge in [0, 0.05) is 18.5 Å². The van der Waals surface area contributed by atoms with E-state index in [0.717, 1.165) is 22.6 Å². The largest absolute Gasteiger partial charge is 0.496 e. The van der Waals surface area contributed by atoms with Crippen LogP contribution in [0.5, 0.6) is 5.75 Å². The number of methoxy groups -OCH3 is 1. The zero-order valence-electron chi connectivity index (χ0n) is 10.2. The van der Waals surface area contributed by atoms with Crippen molar-refractivity contribution in [3.63, 3.8) is 0 Å². The van der Waals surface area contributed by atoms with E-state index in [4.69, 9.17) is 10.1 Å². The molecule has 0 aromatic heterocycles. The van der Waals surface area contributed by atoms with Crippen LogP contribution in [0.25, 0.3) is 5.70 Å². The Morgan fingerprint density at radius 2 is 2.12 bits per heavy atom. The molecule has 0 saturated heterocycles. The van der Waals surface area contributed by atoms with Gasteiger partial charge in [-0.1, -0.05) is 0 Å². The van der Waals surface area contributed by atoms with Crippen LogP contribution in [0.2, 0.25) is 0 Å². The van der Waals surface area contributed by atoms with Crippen LogP contribution in [-0.2, 0) is 0 Å². The van der Waals surface area contributed by atoms with Crippen molar-refractivity contribution in [3.05, 3.63) is 35.4 Å². The van der Waals surface area contributed by atoms with Crippen LogP contribution in [0.15, 0.2) is 24.3 Å². The van der Waals surface area contributed by atoms with Crippen LogP contribution in [0.3, 0.4) is 0 Å². The van der Waals surface area contributed by atoms with Crippen LogP contribution in [0.1, 0.15) is 18.1 Å². The van der Waals surface area contributed by atoms with E-state index >= 15 is 0 Å². The lowest BCUT2D eigenvalue weighted by molar-refractivity contribution is 0.411. The molecule has 0 amide bonds. The minimum atomic E-state index is 0.526. The number of hydrogen-bond donors (Lipinski definition) is 2. The van der Waals surface area contributed by atoms with Crippen molar-refractivity contribution in [1.82, 2.24) is 5.32 Å². The van der Waals surface area contributed by atoms with Crippen LogP contribution in [-0.4, -0.2) is 19.9 Å². The molecule has 1 rings (SSSR count). The highest BCUT2D eigenvalue weighted by Crippen LogP contribution is 2.21. The molecule has 0 aliphatic heterocycles. The summed E-state index contributed by atoms with van der Waals surface area (Å²) in [5, 5.41) is 10.6. The maximum absolute atomic E-state index is 7.47. The van der Waals surface area contributed by atoms with Gasteiger partial charge in [0.1, 0.15) is 5.75 Å². The predicted octanol–water partition coefficient (Wildman–Crippen LogP) is 2.60. The highest BCUT2D eigenvalue weighted by Gasteiger charge is 2.03. The number of nitrogens with one attached hydrogen (secondary N) is 2. The summed E-state index contributed by atoms with van der Waals surface area (Å²) in [6.07, 6.45) is 1.81. The Hall–Kier alpha value is -1.77. The van der Waals surface area contributed by atoms with E-state index in [1.54, 1.807) is 20.1 Å². The molecular formula is C13H18N2O. The molecule has 3 nitrogen and oxygen atoms in total. The summed E-state index contributed by atoms with van der Waals surface area (Å²) in [5.74, 6) is 0.880. The fourth-order valence-corrected chi connectivity index (χ4v) is 1.56. The topological polar surface area (TPSA) is 45.1 Å². The van der Waals surface area contributed by atoms with Gasteiger partial charge in [-0.15, -0.1) is 0 Å². The summed E-state index contributed by atoms with van der Waals surface area (Å²) in [7, 11) is 3.52. The average Bonchev–Trinajstić information content (AvgIpc) is 2.25.